The van der Waals surface area contributed by atoms with Gasteiger partial charge in [-0.05, 0) is 31.0 Å². The van der Waals surface area contributed by atoms with Crippen LogP contribution in [0.2, 0.25) is 0 Å². The molecule has 1 N–H and O–H groups in total. The fourth-order valence-electron chi connectivity index (χ4n) is 2.57. The minimum atomic E-state index is -0.508. The molecule has 2 heterocycles. The summed E-state index contributed by atoms with van der Waals surface area (Å²) in [6.45, 7) is 3.11. The highest BCUT2D eigenvalue weighted by molar-refractivity contribution is 5.95. The monoisotopic (exact) mass is 354 g/mol. The topological polar surface area (TPSA) is 108 Å². The van der Waals surface area contributed by atoms with Gasteiger partial charge in [-0.25, -0.2) is 4.98 Å². The van der Waals surface area contributed by atoms with E-state index in [9.17, 15) is 14.9 Å². The molecule has 1 amide bonds. The SMILES string of the molecule is Cc1cnn(CCCNC(=O)c2ccc(-n3ccnc3)c([N+](=O)[O-])c2)c1. The lowest BCUT2D eigenvalue weighted by Gasteiger charge is -2.08. The molecule has 0 aliphatic carbocycles. The summed E-state index contributed by atoms with van der Waals surface area (Å²) >= 11 is 0. The van der Waals surface area contributed by atoms with Gasteiger partial charge < -0.3 is 9.88 Å². The van der Waals surface area contributed by atoms with E-state index in [4.69, 9.17) is 0 Å². The number of nitro benzene ring substituents is 1. The standard InChI is InChI=1S/C17H18N6O3/c1-13-10-20-22(11-13)7-2-5-19-17(24)14-3-4-15(16(9-14)23(25)26)21-8-6-18-12-21/h3-4,6,8-12H,2,5,7H2,1H3,(H,19,24). The lowest BCUT2D eigenvalue weighted by atomic mass is 10.1. The van der Waals surface area contributed by atoms with Crippen LogP contribution >= 0.6 is 0 Å². The number of imidazole rings is 1. The van der Waals surface area contributed by atoms with E-state index in [1.807, 2.05) is 17.8 Å². The van der Waals surface area contributed by atoms with Crippen molar-refractivity contribution in [1.29, 1.82) is 0 Å². The highest BCUT2D eigenvalue weighted by Gasteiger charge is 2.18. The predicted molar refractivity (Wildman–Crippen MR) is 94.1 cm³/mol. The Morgan fingerprint density at radius 2 is 2.23 bits per heavy atom. The lowest BCUT2D eigenvalue weighted by Crippen LogP contribution is -2.25. The average molecular weight is 354 g/mol. The van der Waals surface area contributed by atoms with Crippen molar-refractivity contribution in [3.8, 4) is 5.69 Å². The molecule has 0 spiro atoms. The average Bonchev–Trinajstić information content (AvgIpc) is 3.29. The van der Waals surface area contributed by atoms with Crippen molar-refractivity contribution in [3.63, 3.8) is 0 Å². The molecule has 0 unspecified atom stereocenters. The molecule has 3 aromatic rings. The molecule has 0 saturated carbocycles. The predicted octanol–water partition coefficient (Wildman–Crippen LogP) is 2.11. The number of rotatable bonds is 7. The number of hydrogen-bond donors (Lipinski definition) is 1. The smallest absolute Gasteiger partial charge is 0.294 e. The zero-order valence-electron chi connectivity index (χ0n) is 14.2. The zero-order chi connectivity index (χ0) is 18.5. The quantitative estimate of drug-likeness (QED) is 0.397. The fourth-order valence-corrected chi connectivity index (χ4v) is 2.57. The summed E-state index contributed by atoms with van der Waals surface area (Å²) in [5, 5.41) is 18.3. The Balaban J connectivity index is 1.63. The molecule has 0 aliphatic heterocycles. The second-order valence-corrected chi connectivity index (χ2v) is 5.82. The Labute approximate surface area is 149 Å². The van der Waals surface area contributed by atoms with E-state index in [2.05, 4.69) is 15.4 Å². The van der Waals surface area contributed by atoms with Gasteiger partial charge >= 0.3 is 0 Å². The molecule has 134 valence electrons. The molecule has 9 nitrogen and oxygen atoms in total. The highest BCUT2D eigenvalue weighted by Crippen LogP contribution is 2.24. The number of carbonyl (C=O) groups excluding carboxylic acids is 1. The maximum atomic E-state index is 12.3. The van der Waals surface area contributed by atoms with Crippen LogP contribution in [-0.2, 0) is 6.54 Å². The maximum absolute atomic E-state index is 12.3. The van der Waals surface area contributed by atoms with Crippen LogP contribution in [0.3, 0.4) is 0 Å². The summed E-state index contributed by atoms with van der Waals surface area (Å²) in [5.74, 6) is -0.345. The minimum Gasteiger partial charge on any atom is -0.352 e. The molecule has 0 saturated heterocycles. The molecule has 2 aromatic heterocycles. The van der Waals surface area contributed by atoms with E-state index in [1.165, 1.54) is 23.2 Å². The van der Waals surface area contributed by atoms with E-state index in [0.29, 0.717) is 25.2 Å². The lowest BCUT2D eigenvalue weighted by molar-refractivity contribution is -0.384. The Hall–Kier alpha value is -3.49. The normalized spacial score (nSPS) is 10.7. The summed E-state index contributed by atoms with van der Waals surface area (Å²) in [6, 6.07) is 4.39. The number of hydrogen-bond acceptors (Lipinski definition) is 5. The molecule has 1 aromatic carbocycles. The van der Waals surface area contributed by atoms with Crippen molar-refractivity contribution in [3.05, 3.63) is 70.6 Å². The van der Waals surface area contributed by atoms with Crippen molar-refractivity contribution in [2.75, 3.05) is 6.54 Å². The Morgan fingerprint density at radius 1 is 1.38 bits per heavy atom. The highest BCUT2D eigenvalue weighted by atomic mass is 16.6. The molecule has 0 atom stereocenters. The number of amides is 1. The van der Waals surface area contributed by atoms with Crippen LogP contribution in [0.15, 0.2) is 49.3 Å². The minimum absolute atomic E-state index is 0.150. The van der Waals surface area contributed by atoms with Crippen LogP contribution in [0, 0.1) is 17.0 Å². The van der Waals surface area contributed by atoms with Gasteiger partial charge in [0.1, 0.15) is 5.69 Å². The second kappa shape index (κ2) is 7.60. The fraction of sp³-hybridized carbons (Fsp3) is 0.235. The third-order valence-electron chi connectivity index (χ3n) is 3.83. The van der Waals surface area contributed by atoms with Gasteiger partial charge in [0, 0.05) is 43.3 Å². The molecular weight excluding hydrogens is 336 g/mol. The Kier molecular flexibility index (Phi) is 5.07. The van der Waals surface area contributed by atoms with Gasteiger partial charge in [-0.3, -0.25) is 19.6 Å². The molecule has 26 heavy (non-hydrogen) atoms. The molecule has 9 heteroatoms. The molecule has 0 bridgehead atoms. The first-order valence-corrected chi connectivity index (χ1v) is 8.08. The van der Waals surface area contributed by atoms with Gasteiger partial charge in [0.15, 0.2) is 0 Å². The first-order valence-electron chi connectivity index (χ1n) is 8.08. The number of nitrogens with zero attached hydrogens (tertiary/aromatic N) is 5. The van der Waals surface area contributed by atoms with Crippen LogP contribution < -0.4 is 5.32 Å². The third-order valence-corrected chi connectivity index (χ3v) is 3.83. The van der Waals surface area contributed by atoms with Crippen molar-refractivity contribution in [1.82, 2.24) is 24.6 Å². The Bertz CT molecular complexity index is 916. The second-order valence-electron chi connectivity index (χ2n) is 5.82. The van der Waals surface area contributed by atoms with E-state index < -0.39 is 4.92 Å². The summed E-state index contributed by atoms with van der Waals surface area (Å²) < 4.78 is 3.35. The molecule has 0 fully saturated rings. The van der Waals surface area contributed by atoms with Gasteiger partial charge in [-0.2, -0.15) is 5.10 Å². The summed E-state index contributed by atoms with van der Waals surface area (Å²) in [7, 11) is 0. The first kappa shape index (κ1) is 17.3. The maximum Gasteiger partial charge on any atom is 0.294 e. The van der Waals surface area contributed by atoms with Crippen molar-refractivity contribution >= 4 is 11.6 Å². The van der Waals surface area contributed by atoms with Gasteiger partial charge in [0.25, 0.3) is 11.6 Å². The van der Waals surface area contributed by atoms with E-state index in [1.54, 1.807) is 24.5 Å². The van der Waals surface area contributed by atoms with Crippen LogP contribution in [0.1, 0.15) is 22.3 Å². The third kappa shape index (κ3) is 3.94. The van der Waals surface area contributed by atoms with E-state index in [0.717, 1.165) is 5.56 Å². The molecule has 0 aliphatic rings. The van der Waals surface area contributed by atoms with Crippen molar-refractivity contribution in [2.24, 2.45) is 0 Å². The van der Waals surface area contributed by atoms with Gasteiger partial charge in [0.05, 0.1) is 17.4 Å². The van der Waals surface area contributed by atoms with Crippen LogP contribution in [-0.4, -0.2) is 36.7 Å². The van der Waals surface area contributed by atoms with E-state index >= 15 is 0 Å². The van der Waals surface area contributed by atoms with Crippen LogP contribution in [0.25, 0.3) is 5.69 Å². The van der Waals surface area contributed by atoms with Crippen molar-refractivity contribution < 1.29 is 9.72 Å². The number of nitrogens with one attached hydrogen (secondary N) is 1. The summed E-state index contributed by atoms with van der Waals surface area (Å²) in [4.78, 5) is 27.0. The number of aryl methyl sites for hydroxylation is 2. The number of aromatic nitrogens is 4. The van der Waals surface area contributed by atoms with Crippen LogP contribution in [0.4, 0.5) is 5.69 Å². The van der Waals surface area contributed by atoms with Crippen molar-refractivity contribution in [2.45, 2.75) is 19.9 Å². The Morgan fingerprint density at radius 3 is 2.88 bits per heavy atom. The molecule has 0 radical (unpaired) electrons. The summed E-state index contributed by atoms with van der Waals surface area (Å²) in [5.41, 5.74) is 1.54. The van der Waals surface area contributed by atoms with Gasteiger partial charge in [-0.15, -0.1) is 0 Å². The molecule has 3 rings (SSSR count). The van der Waals surface area contributed by atoms with Gasteiger partial charge in [-0.1, -0.05) is 0 Å². The molecular formula is C17H18N6O3. The summed E-state index contributed by atoms with van der Waals surface area (Å²) in [6.07, 6.45) is 9.03. The first-order chi connectivity index (χ1) is 12.5. The van der Waals surface area contributed by atoms with E-state index in [-0.39, 0.29) is 17.2 Å². The number of benzene rings is 1. The zero-order valence-corrected chi connectivity index (χ0v) is 14.2. The number of carbonyl (C=O) groups is 1. The van der Waals surface area contributed by atoms with Gasteiger partial charge in [0.2, 0.25) is 0 Å². The van der Waals surface area contributed by atoms with Crippen LogP contribution in [0.5, 0.6) is 0 Å². The number of nitro groups is 1. The largest absolute Gasteiger partial charge is 0.352 e.